The highest BCUT2D eigenvalue weighted by atomic mass is 16.5. The van der Waals surface area contributed by atoms with E-state index in [-0.39, 0.29) is 5.91 Å². The number of nitrogens with zero attached hydrogens (tertiary/aromatic N) is 2. The van der Waals surface area contributed by atoms with Crippen LogP contribution in [0.4, 0.5) is 0 Å². The van der Waals surface area contributed by atoms with E-state index in [1.807, 2.05) is 24.3 Å². The van der Waals surface area contributed by atoms with Crippen molar-refractivity contribution in [2.24, 2.45) is 0 Å². The fourth-order valence-electron chi connectivity index (χ4n) is 2.94. The van der Waals surface area contributed by atoms with Gasteiger partial charge in [0.2, 0.25) is 5.91 Å². The van der Waals surface area contributed by atoms with Crippen molar-refractivity contribution in [1.29, 1.82) is 0 Å². The highest BCUT2D eigenvalue weighted by Gasteiger charge is 2.14. The van der Waals surface area contributed by atoms with E-state index < -0.39 is 0 Å². The number of likely N-dealkylation sites (N-methyl/N-ethyl adjacent to an activating group) is 1. The van der Waals surface area contributed by atoms with E-state index in [4.69, 9.17) is 4.74 Å². The zero-order chi connectivity index (χ0) is 16.5. The van der Waals surface area contributed by atoms with Crippen LogP contribution in [-0.4, -0.2) is 68.6 Å². The number of para-hydroxylation sites is 1. The number of hydrogen-bond donors (Lipinski definition) is 1. The molecule has 0 atom stereocenters. The Balaban J connectivity index is 1.62. The third kappa shape index (κ3) is 5.84. The molecule has 1 aliphatic rings. The molecule has 5 nitrogen and oxygen atoms in total. The minimum atomic E-state index is 0.0605. The maximum absolute atomic E-state index is 12.0. The Hall–Kier alpha value is -1.59. The van der Waals surface area contributed by atoms with Crippen LogP contribution in [0.3, 0.4) is 0 Å². The van der Waals surface area contributed by atoms with Crippen LogP contribution < -0.4 is 10.1 Å². The third-order valence-electron chi connectivity index (χ3n) is 4.43. The van der Waals surface area contributed by atoms with Gasteiger partial charge in [0.15, 0.2) is 0 Å². The molecule has 0 spiro atoms. The molecule has 0 bridgehead atoms. The minimum absolute atomic E-state index is 0.0605. The third-order valence-corrected chi connectivity index (χ3v) is 4.43. The van der Waals surface area contributed by atoms with E-state index in [1.165, 1.54) is 0 Å². The van der Waals surface area contributed by atoms with Crippen LogP contribution in [0.1, 0.15) is 18.9 Å². The van der Waals surface area contributed by atoms with Gasteiger partial charge in [0, 0.05) is 38.3 Å². The molecule has 1 N–H and O–H groups in total. The number of amides is 1. The summed E-state index contributed by atoms with van der Waals surface area (Å²) in [5, 5.41) is 3.01. The number of piperazine rings is 1. The molecule has 0 aromatic heterocycles. The zero-order valence-electron chi connectivity index (χ0n) is 14.4. The first kappa shape index (κ1) is 17.8. The molecule has 1 aliphatic heterocycles. The molecule has 128 valence electrons. The summed E-state index contributed by atoms with van der Waals surface area (Å²) in [4.78, 5) is 17.0. The van der Waals surface area contributed by atoms with Crippen molar-refractivity contribution in [2.75, 3.05) is 52.9 Å². The molecular formula is C18H29N3O2. The smallest absolute Gasteiger partial charge is 0.224 e. The largest absolute Gasteiger partial charge is 0.496 e. The van der Waals surface area contributed by atoms with Gasteiger partial charge >= 0.3 is 0 Å². The lowest BCUT2D eigenvalue weighted by molar-refractivity contribution is -0.120. The molecular weight excluding hydrogens is 290 g/mol. The number of benzene rings is 1. The van der Waals surface area contributed by atoms with Crippen LogP contribution in [-0.2, 0) is 11.2 Å². The normalized spacial score (nSPS) is 16.3. The number of rotatable bonds is 8. The number of ether oxygens (including phenoxy) is 1. The summed E-state index contributed by atoms with van der Waals surface area (Å²) in [5.41, 5.74) is 0.934. The van der Waals surface area contributed by atoms with Gasteiger partial charge in [-0.15, -0.1) is 0 Å². The fourth-order valence-corrected chi connectivity index (χ4v) is 2.94. The van der Waals surface area contributed by atoms with Crippen LogP contribution in [0.2, 0.25) is 0 Å². The number of nitrogens with one attached hydrogen (secondary N) is 1. The molecule has 5 heteroatoms. The highest BCUT2D eigenvalue weighted by molar-refractivity contribution is 5.79. The van der Waals surface area contributed by atoms with Gasteiger partial charge in [0.05, 0.1) is 13.5 Å². The molecule has 0 unspecified atom stereocenters. The molecule has 1 saturated heterocycles. The van der Waals surface area contributed by atoms with E-state index in [9.17, 15) is 4.79 Å². The van der Waals surface area contributed by atoms with E-state index in [0.29, 0.717) is 6.42 Å². The Morgan fingerprint density at radius 3 is 2.57 bits per heavy atom. The van der Waals surface area contributed by atoms with Crippen molar-refractivity contribution in [3.8, 4) is 5.75 Å². The summed E-state index contributed by atoms with van der Waals surface area (Å²) in [5.74, 6) is 0.835. The van der Waals surface area contributed by atoms with Crippen molar-refractivity contribution in [2.45, 2.75) is 19.8 Å². The van der Waals surface area contributed by atoms with Crippen molar-refractivity contribution < 1.29 is 9.53 Å². The lowest BCUT2D eigenvalue weighted by atomic mass is 10.1. The second kappa shape index (κ2) is 9.53. The molecule has 23 heavy (non-hydrogen) atoms. The second-order valence-corrected chi connectivity index (χ2v) is 5.97. The van der Waals surface area contributed by atoms with Gasteiger partial charge < -0.3 is 19.9 Å². The first-order valence-corrected chi connectivity index (χ1v) is 8.56. The van der Waals surface area contributed by atoms with Crippen LogP contribution >= 0.6 is 0 Å². The Kier molecular flexibility index (Phi) is 7.36. The minimum Gasteiger partial charge on any atom is -0.496 e. The SMILES string of the molecule is CCN1CCN(CCCNC(=O)Cc2ccccc2OC)CC1. The molecule has 1 aromatic carbocycles. The van der Waals surface area contributed by atoms with E-state index in [0.717, 1.165) is 63.5 Å². The molecule has 1 fully saturated rings. The summed E-state index contributed by atoms with van der Waals surface area (Å²) in [7, 11) is 1.63. The number of carbonyl (C=O) groups excluding carboxylic acids is 1. The van der Waals surface area contributed by atoms with Gasteiger partial charge in [0.1, 0.15) is 5.75 Å². The topological polar surface area (TPSA) is 44.8 Å². The average molecular weight is 319 g/mol. The molecule has 1 aromatic rings. The quantitative estimate of drug-likeness (QED) is 0.735. The summed E-state index contributed by atoms with van der Waals surface area (Å²) in [6.45, 7) is 9.77. The predicted molar refractivity (Wildman–Crippen MR) is 92.9 cm³/mol. The van der Waals surface area contributed by atoms with Gasteiger partial charge in [-0.2, -0.15) is 0 Å². The Labute approximate surface area is 139 Å². The van der Waals surface area contributed by atoms with Crippen LogP contribution in [0.15, 0.2) is 24.3 Å². The van der Waals surface area contributed by atoms with Crippen molar-refractivity contribution >= 4 is 5.91 Å². The van der Waals surface area contributed by atoms with Gasteiger partial charge in [-0.3, -0.25) is 4.79 Å². The maximum atomic E-state index is 12.0. The zero-order valence-corrected chi connectivity index (χ0v) is 14.4. The second-order valence-electron chi connectivity index (χ2n) is 5.97. The van der Waals surface area contributed by atoms with Gasteiger partial charge in [0.25, 0.3) is 0 Å². The van der Waals surface area contributed by atoms with Crippen molar-refractivity contribution in [3.05, 3.63) is 29.8 Å². The van der Waals surface area contributed by atoms with Crippen molar-refractivity contribution in [1.82, 2.24) is 15.1 Å². The predicted octanol–water partition coefficient (Wildman–Crippen LogP) is 1.38. The summed E-state index contributed by atoms with van der Waals surface area (Å²) in [6.07, 6.45) is 1.38. The molecule has 0 saturated carbocycles. The lowest BCUT2D eigenvalue weighted by Crippen LogP contribution is -2.46. The number of hydrogen-bond acceptors (Lipinski definition) is 4. The Bertz CT molecular complexity index is 485. The molecule has 1 heterocycles. The van der Waals surface area contributed by atoms with Crippen LogP contribution in [0.25, 0.3) is 0 Å². The molecule has 0 radical (unpaired) electrons. The van der Waals surface area contributed by atoms with E-state index in [2.05, 4.69) is 22.0 Å². The van der Waals surface area contributed by atoms with Crippen molar-refractivity contribution in [3.63, 3.8) is 0 Å². The van der Waals surface area contributed by atoms with E-state index >= 15 is 0 Å². The Morgan fingerprint density at radius 1 is 1.17 bits per heavy atom. The first-order valence-electron chi connectivity index (χ1n) is 8.56. The van der Waals surface area contributed by atoms with Gasteiger partial charge in [-0.25, -0.2) is 0 Å². The maximum Gasteiger partial charge on any atom is 0.224 e. The summed E-state index contributed by atoms with van der Waals surface area (Å²) >= 11 is 0. The lowest BCUT2D eigenvalue weighted by Gasteiger charge is -2.33. The first-order chi connectivity index (χ1) is 11.2. The fraction of sp³-hybridized carbons (Fsp3) is 0.611. The van der Waals surface area contributed by atoms with Gasteiger partial charge in [-0.05, 0) is 25.6 Å². The average Bonchev–Trinajstić information content (AvgIpc) is 2.59. The highest BCUT2D eigenvalue weighted by Crippen LogP contribution is 2.17. The van der Waals surface area contributed by atoms with E-state index in [1.54, 1.807) is 7.11 Å². The summed E-state index contributed by atoms with van der Waals surface area (Å²) < 4.78 is 5.28. The molecule has 0 aliphatic carbocycles. The van der Waals surface area contributed by atoms with Crippen LogP contribution in [0, 0.1) is 0 Å². The standard InChI is InChI=1S/C18H29N3O2/c1-3-20-11-13-21(14-12-20)10-6-9-19-18(22)15-16-7-4-5-8-17(16)23-2/h4-5,7-8H,3,6,9-15H2,1-2H3,(H,19,22). The molecule has 2 rings (SSSR count). The summed E-state index contributed by atoms with van der Waals surface area (Å²) in [6, 6.07) is 7.67. The van der Waals surface area contributed by atoms with Crippen LogP contribution in [0.5, 0.6) is 5.75 Å². The van der Waals surface area contributed by atoms with Gasteiger partial charge in [-0.1, -0.05) is 25.1 Å². The monoisotopic (exact) mass is 319 g/mol. The Morgan fingerprint density at radius 2 is 1.87 bits per heavy atom. The number of methoxy groups -OCH3 is 1. The number of carbonyl (C=O) groups is 1. The molecule has 1 amide bonds.